The van der Waals surface area contributed by atoms with Crippen molar-refractivity contribution in [2.75, 3.05) is 11.1 Å². The normalized spacial score (nSPS) is 10.7. The fourth-order valence-corrected chi connectivity index (χ4v) is 3.82. The van der Waals surface area contributed by atoms with Crippen LogP contribution < -0.4 is 5.32 Å². The van der Waals surface area contributed by atoms with Gasteiger partial charge in [-0.15, -0.1) is 16.8 Å². The van der Waals surface area contributed by atoms with Crippen molar-refractivity contribution in [2.45, 2.75) is 18.6 Å². The Bertz CT molecular complexity index is 1020. The first-order valence-corrected chi connectivity index (χ1v) is 10.2. The molecule has 0 spiro atoms. The lowest BCUT2D eigenvalue weighted by atomic mass is 10.1. The molecular weight excluding hydrogens is 415 g/mol. The van der Waals surface area contributed by atoms with Crippen molar-refractivity contribution < 1.29 is 4.79 Å². The molecule has 0 radical (unpaired) electrons. The highest BCUT2D eigenvalue weighted by Crippen LogP contribution is 2.28. The summed E-state index contributed by atoms with van der Waals surface area (Å²) in [5.74, 6) is 0.726. The monoisotopic (exact) mass is 432 g/mol. The zero-order chi connectivity index (χ0) is 20.1. The van der Waals surface area contributed by atoms with Crippen LogP contribution in [0.3, 0.4) is 0 Å². The summed E-state index contributed by atoms with van der Waals surface area (Å²) in [4.78, 5) is 12.3. The molecule has 0 fully saturated rings. The van der Waals surface area contributed by atoms with E-state index in [4.69, 9.17) is 23.2 Å². The number of benzene rings is 2. The lowest BCUT2D eigenvalue weighted by Gasteiger charge is -2.10. The van der Waals surface area contributed by atoms with Gasteiger partial charge in [0.25, 0.3) is 0 Å². The molecule has 0 saturated heterocycles. The Hall–Kier alpha value is -2.28. The number of rotatable bonds is 7. The summed E-state index contributed by atoms with van der Waals surface area (Å²) in [5, 5.41) is 12.9. The Balaban J connectivity index is 1.74. The molecule has 28 heavy (non-hydrogen) atoms. The van der Waals surface area contributed by atoms with E-state index in [1.165, 1.54) is 11.8 Å². The van der Waals surface area contributed by atoms with Crippen molar-refractivity contribution in [3.05, 3.63) is 70.7 Å². The highest BCUT2D eigenvalue weighted by molar-refractivity contribution is 7.99. The summed E-state index contributed by atoms with van der Waals surface area (Å²) < 4.78 is 1.95. The molecule has 0 saturated carbocycles. The molecule has 3 rings (SSSR count). The van der Waals surface area contributed by atoms with Crippen LogP contribution in [0, 0.1) is 6.92 Å². The molecule has 1 N–H and O–H groups in total. The number of amides is 1. The Labute approximate surface area is 177 Å². The van der Waals surface area contributed by atoms with Gasteiger partial charge >= 0.3 is 0 Å². The van der Waals surface area contributed by atoms with Crippen LogP contribution in [-0.4, -0.2) is 26.4 Å². The maximum atomic E-state index is 12.3. The number of nitrogens with one attached hydrogen (secondary N) is 1. The van der Waals surface area contributed by atoms with Gasteiger partial charge in [0.1, 0.15) is 0 Å². The molecule has 1 amide bonds. The Morgan fingerprint density at radius 2 is 2.04 bits per heavy atom. The highest BCUT2D eigenvalue weighted by atomic mass is 35.5. The summed E-state index contributed by atoms with van der Waals surface area (Å²) in [6, 6.07) is 12.9. The van der Waals surface area contributed by atoms with E-state index in [0.717, 1.165) is 17.0 Å². The Morgan fingerprint density at radius 3 is 2.75 bits per heavy atom. The third-order valence-corrected chi connectivity index (χ3v) is 5.47. The van der Waals surface area contributed by atoms with Crippen LogP contribution in [-0.2, 0) is 11.3 Å². The number of aromatic nitrogens is 3. The van der Waals surface area contributed by atoms with Gasteiger partial charge in [-0.3, -0.25) is 9.36 Å². The summed E-state index contributed by atoms with van der Waals surface area (Å²) >= 11 is 13.3. The molecule has 1 aromatic heterocycles. The van der Waals surface area contributed by atoms with Gasteiger partial charge in [-0.25, -0.2) is 0 Å². The number of anilines is 1. The number of aryl methyl sites for hydroxylation is 1. The van der Waals surface area contributed by atoms with Crippen molar-refractivity contribution in [1.29, 1.82) is 0 Å². The molecule has 0 bridgehead atoms. The molecule has 5 nitrogen and oxygen atoms in total. The molecule has 1 heterocycles. The van der Waals surface area contributed by atoms with Crippen LogP contribution in [0.2, 0.25) is 10.0 Å². The molecule has 0 unspecified atom stereocenters. The van der Waals surface area contributed by atoms with Crippen molar-refractivity contribution in [1.82, 2.24) is 14.8 Å². The van der Waals surface area contributed by atoms with Crippen molar-refractivity contribution >= 4 is 46.6 Å². The lowest BCUT2D eigenvalue weighted by molar-refractivity contribution is -0.113. The number of carbonyl (C=O) groups excluding carboxylic acids is 1. The Morgan fingerprint density at radius 1 is 1.25 bits per heavy atom. The predicted molar refractivity (Wildman–Crippen MR) is 116 cm³/mol. The maximum Gasteiger partial charge on any atom is 0.234 e. The van der Waals surface area contributed by atoms with Crippen LogP contribution in [0.5, 0.6) is 0 Å². The van der Waals surface area contributed by atoms with Gasteiger partial charge in [-0.2, -0.15) is 0 Å². The average Bonchev–Trinajstić information content (AvgIpc) is 3.06. The van der Waals surface area contributed by atoms with E-state index in [9.17, 15) is 4.79 Å². The van der Waals surface area contributed by atoms with Gasteiger partial charge in [-0.1, -0.05) is 65.3 Å². The summed E-state index contributed by atoms with van der Waals surface area (Å²) in [6.07, 6.45) is 1.78. The fourth-order valence-electron chi connectivity index (χ4n) is 2.62. The van der Waals surface area contributed by atoms with Crippen LogP contribution in [0.4, 0.5) is 5.69 Å². The Kier molecular flexibility index (Phi) is 6.78. The number of nitrogens with zero attached hydrogens (tertiary/aromatic N) is 3. The largest absolute Gasteiger partial charge is 0.324 e. The van der Waals surface area contributed by atoms with E-state index in [2.05, 4.69) is 22.1 Å². The van der Waals surface area contributed by atoms with Gasteiger partial charge in [0.2, 0.25) is 5.91 Å². The highest BCUT2D eigenvalue weighted by Gasteiger charge is 2.16. The first kappa shape index (κ1) is 20.5. The van der Waals surface area contributed by atoms with Crippen molar-refractivity contribution in [3.8, 4) is 11.4 Å². The maximum absolute atomic E-state index is 12.3. The van der Waals surface area contributed by atoms with E-state index in [1.54, 1.807) is 24.3 Å². The topological polar surface area (TPSA) is 59.8 Å². The quantitative estimate of drug-likeness (QED) is 0.396. The molecule has 0 aliphatic heterocycles. The summed E-state index contributed by atoms with van der Waals surface area (Å²) in [5.41, 5.74) is 2.62. The third-order valence-electron chi connectivity index (χ3n) is 3.95. The minimum absolute atomic E-state index is 0.169. The summed E-state index contributed by atoms with van der Waals surface area (Å²) in [6.45, 7) is 6.38. The number of allylic oxidation sites excluding steroid dienone is 1. The molecule has 0 aliphatic rings. The van der Waals surface area contributed by atoms with E-state index >= 15 is 0 Å². The second-order valence-corrected chi connectivity index (χ2v) is 7.77. The number of hydrogen-bond donors (Lipinski definition) is 1. The van der Waals surface area contributed by atoms with Crippen LogP contribution in [0.1, 0.15) is 5.56 Å². The molecule has 0 atom stereocenters. The van der Waals surface area contributed by atoms with Crippen molar-refractivity contribution in [3.63, 3.8) is 0 Å². The number of thioether (sulfide) groups is 1. The molecule has 0 aliphatic carbocycles. The fraction of sp³-hybridized carbons (Fsp3) is 0.150. The minimum Gasteiger partial charge on any atom is -0.324 e. The van der Waals surface area contributed by atoms with Crippen LogP contribution >= 0.6 is 35.0 Å². The van der Waals surface area contributed by atoms with Crippen LogP contribution in [0.25, 0.3) is 11.4 Å². The smallest absolute Gasteiger partial charge is 0.234 e. The second-order valence-electron chi connectivity index (χ2n) is 5.98. The number of hydrogen-bond acceptors (Lipinski definition) is 4. The third kappa shape index (κ3) is 4.76. The number of halogens is 2. The van der Waals surface area contributed by atoms with Gasteiger partial charge in [0.05, 0.1) is 16.5 Å². The molecule has 2 aromatic carbocycles. The van der Waals surface area contributed by atoms with Gasteiger partial charge in [0, 0.05) is 17.1 Å². The first-order chi connectivity index (χ1) is 13.5. The SMILES string of the molecule is C=CCn1c(SCC(=O)Nc2ccc(Cl)cc2Cl)nnc1-c1ccccc1C. The van der Waals surface area contributed by atoms with Crippen LogP contribution in [0.15, 0.2) is 60.3 Å². The predicted octanol–water partition coefficient (Wildman–Crippen LogP) is 5.48. The summed E-state index contributed by atoms with van der Waals surface area (Å²) in [7, 11) is 0. The first-order valence-electron chi connectivity index (χ1n) is 8.47. The van der Waals surface area contributed by atoms with E-state index in [-0.39, 0.29) is 11.7 Å². The average molecular weight is 433 g/mol. The van der Waals surface area contributed by atoms with Gasteiger partial charge in [-0.05, 0) is 30.7 Å². The molecule has 144 valence electrons. The second kappa shape index (κ2) is 9.28. The van der Waals surface area contributed by atoms with E-state index in [1.807, 2.05) is 35.8 Å². The van der Waals surface area contributed by atoms with Crippen molar-refractivity contribution in [2.24, 2.45) is 0 Å². The van der Waals surface area contributed by atoms with Gasteiger partial charge in [0.15, 0.2) is 11.0 Å². The molecular formula is C20H18Cl2N4OS. The zero-order valence-electron chi connectivity index (χ0n) is 15.2. The molecule has 3 aromatic rings. The van der Waals surface area contributed by atoms with E-state index < -0.39 is 0 Å². The minimum atomic E-state index is -0.195. The number of carbonyl (C=O) groups is 1. The molecule has 8 heteroatoms. The van der Waals surface area contributed by atoms with Gasteiger partial charge < -0.3 is 5.32 Å². The van der Waals surface area contributed by atoms with E-state index in [0.29, 0.717) is 27.4 Å². The standard InChI is InChI=1S/C20H18Cl2N4OS/c1-3-10-26-19(15-7-5-4-6-13(15)2)24-25-20(26)28-12-18(27)23-17-9-8-14(21)11-16(17)22/h3-9,11H,1,10,12H2,2H3,(H,23,27). The lowest BCUT2D eigenvalue weighted by Crippen LogP contribution is -2.15. The zero-order valence-corrected chi connectivity index (χ0v) is 17.5.